The van der Waals surface area contributed by atoms with Crippen LogP contribution in [0.2, 0.25) is 0 Å². The Morgan fingerprint density at radius 1 is 1.21 bits per heavy atom. The van der Waals surface area contributed by atoms with E-state index in [0.717, 1.165) is 27.8 Å². The van der Waals surface area contributed by atoms with Gasteiger partial charge in [0.25, 0.3) is 5.91 Å². The number of aromatic amines is 1. The number of H-pyrrole nitrogens is 1. The second-order valence-electron chi connectivity index (χ2n) is 6.21. The van der Waals surface area contributed by atoms with E-state index in [-0.39, 0.29) is 5.91 Å². The summed E-state index contributed by atoms with van der Waals surface area (Å²) in [6.07, 6.45) is 2.37. The van der Waals surface area contributed by atoms with Crippen molar-refractivity contribution in [3.05, 3.63) is 59.4 Å². The Labute approximate surface area is 140 Å². The maximum absolute atomic E-state index is 12.2. The van der Waals surface area contributed by atoms with Gasteiger partial charge < -0.3 is 10.1 Å². The molecule has 1 saturated carbocycles. The summed E-state index contributed by atoms with van der Waals surface area (Å²) >= 11 is 0. The summed E-state index contributed by atoms with van der Waals surface area (Å²) < 4.78 is 5.24. The summed E-state index contributed by atoms with van der Waals surface area (Å²) in [6, 6.07) is 14.0. The number of hydrogen-bond acceptors (Lipinski definition) is 3. The highest BCUT2D eigenvalue weighted by Gasteiger charge is 2.26. The van der Waals surface area contributed by atoms with Gasteiger partial charge in [-0.25, -0.2) is 0 Å². The van der Waals surface area contributed by atoms with Crippen LogP contribution in [0.5, 0.6) is 5.75 Å². The maximum Gasteiger partial charge on any atom is 0.272 e. The maximum atomic E-state index is 12.2. The smallest absolute Gasteiger partial charge is 0.272 e. The number of methoxy groups -OCH3 is 1. The molecule has 24 heavy (non-hydrogen) atoms. The van der Waals surface area contributed by atoms with Crippen LogP contribution < -0.4 is 10.1 Å². The van der Waals surface area contributed by atoms with Crippen LogP contribution in [-0.4, -0.2) is 23.2 Å². The average Bonchev–Trinajstić information content (AvgIpc) is 3.35. The molecule has 0 spiro atoms. The molecule has 0 atom stereocenters. The Morgan fingerprint density at radius 3 is 2.79 bits per heavy atom. The van der Waals surface area contributed by atoms with Gasteiger partial charge in [0.1, 0.15) is 11.4 Å². The van der Waals surface area contributed by atoms with Crippen molar-refractivity contribution in [3.63, 3.8) is 0 Å². The lowest BCUT2D eigenvalue weighted by atomic mass is 10.1. The molecule has 3 aromatic rings. The van der Waals surface area contributed by atoms with Crippen molar-refractivity contribution in [2.75, 3.05) is 7.11 Å². The van der Waals surface area contributed by atoms with E-state index in [9.17, 15) is 4.79 Å². The summed E-state index contributed by atoms with van der Waals surface area (Å²) in [6.45, 7) is 0.479. The first-order valence-corrected chi connectivity index (χ1v) is 8.13. The fourth-order valence-electron chi connectivity index (χ4n) is 2.84. The molecule has 0 unspecified atom stereocenters. The summed E-state index contributed by atoms with van der Waals surface area (Å²) in [5, 5.41) is 12.2. The summed E-state index contributed by atoms with van der Waals surface area (Å²) in [5.41, 5.74) is 2.58. The van der Waals surface area contributed by atoms with Gasteiger partial charge in [0.2, 0.25) is 0 Å². The standard InChI is InChI=1S/C19H19N3O2/c1-24-16-7-6-14-8-12(2-3-15(14)9-16)11-20-19(23)18-10-17(21-22-18)13-4-5-13/h2-3,6-10,13H,4-5,11H2,1H3,(H,20,23)(H,21,22). The number of benzene rings is 2. The number of aromatic nitrogens is 2. The molecule has 0 aliphatic heterocycles. The van der Waals surface area contributed by atoms with E-state index in [2.05, 4.69) is 21.6 Å². The Balaban J connectivity index is 1.44. The first-order valence-electron chi connectivity index (χ1n) is 8.13. The minimum atomic E-state index is -0.145. The molecule has 0 radical (unpaired) electrons. The van der Waals surface area contributed by atoms with Gasteiger partial charge in [0.05, 0.1) is 7.11 Å². The minimum Gasteiger partial charge on any atom is -0.497 e. The predicted octanol–water partition coefficient (Wildman–Crippen LogP) is 3.38. The first-order chi connectivity index (χ1) is 11.7. The summed E-state index contributed by atoms with van der Waals surface area (Å²) in [7, 11) is 1.66. The van der Waals surface area contributed by atoms with Gasteiger partial charge >= 0.3 is 0 Å². The second-order valence-corrected chi connectivity index (χ2v) is 6.21. The molecule has 1 aliphatic rings. The van der Waals surface area contributed by atoms with Gasteiger partial charge in [-0.2, -0.15) is 5.10 Å². The number of amides is 1. The zero-order valence-electron chi connectivity index (χ0n) is 13.5. The molecule has 1 aromatic heterocycles. The number of ether oxygens (including phenoxy) is 1. The molecular weight excluding hydrogens is 302 g/mol. The molecule has 5 nitrogen and oxygen atoms in total. The molecule has 2 N–H and O–H groups in total. The molecule has 1 amide bonds. The van der Waals surface area contributed by atoms with Gasteiger partial charge in [-0.15, -0.1) is 0 Å². The van der Waals surface area contributed by atoms with Crippen LogP contribution in [0.1, 0.15) is 40.5 Å². The monoisotopic (exact) mass is 321 g/mol. The SMILES string of the molecule is COc1ccc2cc(CNC(=O)c3cc(C4CC4)[nH]n3)ccc2c1. The van der Waals surface area contributed by atoms with Crippen LogP contribution in [0.15, 0.2) is 42.5 Å². The highest BCUT2D eigenvalue weighted by atomic mass is 16.5. The highest BCUT2D eigenvalue weighted by Crippen LogP contribution is 2.38. The number of nitrogens with one attached hydrogen (secondary N) is 2. The molecule has 4 rings (SSSR count). The quantitative estimate of drug-likeness (QED) is 0.757. The van der Waals surface area contributed by atoms with Crippen molar-refractivity contribution >= 4 is 16.7 Å². The molecule has 1 fully saturated rings. The lowest BCUT2D eigenvalue weighted by Crippen LogP contribution is -2.23. The van der Waals surface area contributed by atoms with E-state index < -0.39 is 0 Å². The van der Waals surface area contributed by atoms with E-state index >= 15 is 0 Å². The molecule has 5 heteroatoms. The van der Waals surface area contributed by atoms with Crippen LogP contribution in [0.25, 0.3) is 10.8 Å². The zero-order chi connectivity index (χ0) is 16.5. The number of carbonyl (C=O) groups is 1. The minimum absolute atomic E-state index is 0.145. The van der Waals surface area contributed by atoms with Crippen molar-refractivity contribution in [1.82, 2.24) is 15.5 Å². The van der Waals surface area contributed by atoms with Crippen LogP contribution in [0.4, 0.5) is 0 Å². The molecule has 1 aliphatic carbocycles. The van der Waals surface area contributed by atoms with Crippen LogP contribution >= 0.6 is 0 Å². The van der Waals surface area contributed by atoms with E-state index in [1.807, 2.05) is 36.4 Å². The van der Waals surface area contributed by atoms with Crippen molar-refractivity contribution in [2.24, 2.45) is 0 Å². The van der Waals surface area contributed by atoms with E-state index in [1.165, 1.54) is 12.8 Å². The number of nitrogens with zero attached hydrogens (tertiary/aromatic N) is 1. The predicted molar refractivity (Wildman–Crippen MR) is 92.2 cm³/mol. The summed E-state index contributed by atoms with van der Waals surface area (Å²) in [5.74, 6) is 1.26. The molecular formula is C19H19N3O2. The van der Waals surface area contributed by atoms with Gasteiger partial charge in [-0.3, -0.25) is 9.89 Å². The average molecular weight is 321 g/mol. The van der Waals surface area contributed by atoms with Crippen molar-refractivity contribution in [1.29, 1.82) is 0 Å². The van der Waals surface area contributed by atoms with Crippen molar-refractivity contribution in [3.8, 4) is 5.75 Å². The molecule has 0 saturated heterocycles. The molecule has 2 aromatic carbocycles. The summed E-state index contributed by atoms with van der Waals surface area (Å²) in [4.78, 5) is 12.2. The van der Waals surface area contributed by atoms with Gasteiger partial charge in [0, 0.05) is 18.2 Å². The third-order valence-electron chi connectivity index (χ3n) is 4.41. The topological polar surface area (TPSA) is 67.0 Å². The fourth-order valence-corrected chi connectivity index (χ4v) is 2.84. The van der Waals surface area contributed by atoms with E-state index in [1.54, 1.807) is 7.11 Å². The Kier molecular flexibility index (Phi) is 3.69. The number of hydrogen-bond donors (Lipinski definition) is 2. The third kappa shape index (κ3) is 2.97. The third-order valence-corrected chi connectivity index (χ3v) is 4.41. The normalized spacial score (nSPS) is 13.9. The largest absolute Gasteiger partial charge is 0.497 e. The van der Waals surface area contributed by atoms with Crippen LogP contribution in [-0.2, 0) is 6.54 Å². The van der Waals surface area contributed by atoms with Gasteiger partial charge in [-0.05, 0) is 53.4 Å². The number of fused-ring (bicyclic) bond motifs is 1. The van der Waals surface area contributed by atoms with Gasteiger partial charge in [-0.1, -0.05) is 18.2 Å². The number of rotatable bonds is 5. The first kappa shape index (κ1) is 14.8. The van der Waals surface area contributed by atoms with E-state index in [4.69, 9.17) is 4.74 Å². The molecule has 0 bridgehead atoms. The highest BCUT2D eigenvalue weighted by molar-refractivity contribution is 5.92. The molecule has 122 valence electrons. The Hall–Kier alpha value is -2.82. The lowest BCUT2D eigenvalue weighted by Gasteiger charge is -2.07. The van der Waals surface area contributed by atoms with Crippen LogP contribution in [0.3, 0.4) is 0 Å². The lowest BCUT2D eigenvalue weighted by molar-refractivity contribution is 0.0946. The van der Waals surface area contributed by atoms with Crippen LogP contribution in [0, 0.1) is 0 Å². The second kappa shape index (κ2) is 6.00. The Bertz CT molecular complexity index is 897. The van der Waals surface area contributed by atoms with Crippen molar-refractivity contribution in [2.45, 2.75) is 25.3 Å². The fraction of sp³-hybridized carbons (Fsp3) is 0.263. The van der Waals surface area contributed by atoms with Gasteiger partial charge in [0.15, 0.2) is 0 Å². The van der Waals surface area contributed by atoms with E-state index in [0.29, 0.717) is 18.2 Å². The number of carbonyl (C=O) groups excluding carboxylic acids is 1. The Morgan fingerprint density at radius 2 is 2.00 bits per heavy atom. The van der Waals surface area contributed by atoms with Crippen molar-refractivity contribution < 1.29 is 9.53 Å². The zero-order valence-corrected chi connectivity index (χ0v) is 13.5. The molecule has 1 heterocycles.